The largest absolute Gasteiger partial charge is 0.494 e. The standard InChI is InChI=1S/C9H11N2O/c1-2-12-8-5-3-7(4-6-8)9(10)11/h3-6H,1-2H2,(H3,10,11). The summed E-state index contributed by atoms with van der Waals surface area (Å²) in [6, 6.07) is 7.02. The van der Waals surface area contributed by atoms with E-state index in [1.54, 1.807) is 24.3 Å². The first-order valence-electron chi connectivity index (χ1n) is 3.60. The monoisotopic (exact) mass is 163 g/mol. The first-order chi connectivity index (χ1) is 5.74. The van der Waals surface area contributed by atoms with Crippen LogP contribution in [0.3, 0.4) is 0 Å². The van der Waals surface area contributed by atoms with Crippen LogP contribution in [0.5, 0.6) is 5.75 Å². The maximum atomic E-state index is 7.13. The first kappa shape index (κ1) is 8.59. The minimum absolute atomic E-state index is 0.0659. The lowest BCUT2D eigenvalue weighted by Gasteiger charge is -2.02. The minimum atomic E-state index is 0.0659. The van der Waals surface area contributed by atoms with Crippen LogP contribution < -0.4 is 10.5 Å². The molecule has 0 fully saturated rings. The maximum Gasteiger partial charge on any atom is 0.122 e. The third-order valence-corrected chi connectivity index (χ3v) is 1.43. The molecule has 0 aliphatic rings. The molecule has 63 valence electrons. The fourth-order valence-electron chi connectivity index (χ4n) is 0.849. The highest BCUT2D eigenvalue weighted by Gasteiger charge is 1.95. The van der Waals surface area contributed by atoms with Crippen LogP contribution in [0.2, 0.25) is 0 Å². The number of nitrogen functional groups attached to an aromatic ring is 1. The predicted molar refractivity (Wildman–Crippen MR) is 48.3 cm³/mol. The lowest BCUT2D eigenvalue weighted by molar-refractivity contribution is 0.361. The Hall–Kier alpha value is -1.51. The van der Waals surface area contributed by atoms with Crippen molar-refractivity contribution in [1.82, 2.24) is 0 Å². The Morgan fingerprint density at radius 1 is 1.42 bits per heavy atom. The van der Waals surface area contributed by atoms with Crippen LogP contribution in [0.1, 0.15) is 5.56 Å². The fourth-order valence-corrected chi connectivity index (χ4v) is 0.849. The van der Waals surface area contributed by atoms with Crippen molar-refractivity contribution >= 4 is 5.84 Å². The van der Waals surface area contributed by atoms with Gasteiger partial charge in [0.15, 0.2) is 0 Å². The van der Waals surface area contributed by atoms with E-state index >= 15 is 0 Å². The third kappa shape index (κ3) is 1.99. The SMILES string of the molecule is [CH2]COc1ccc(C(=N)N)cc1. The number of ether oxygens (including phenoxy) is 1. The van der Waals surface area contributed by atoms with E-state index in [0.717, 1.165) is 5.75 Å². The van der Waals surface area contributed by atoms with Crippen LogP contribution in [-0.4, -0.2) is 12.4 Å². The van der Waals surface area contributed by atoms with Crippen molar-refractivity contribution in [3.05, 3.63) is 36.8 Å². The van der Waals surface area contributed by atoms with Crippen LogP contribution in [0.4, 0.5) is 0 Å². The van der Waals surface area contributed by atoms with E-state index in [9.17, 15) is 0 Å². The molecule has 3 nitrogen and oxygen atoms in total. The molecule has 0 aliphatic carbocycles. The Morgan fingerprint density at radius 2 is 2.00 bits per heavy atom. The van der Waals surface area contributed by atoms with Gasteiger partial charge in [-0.15, -0.1) is 0 Å². The van der Waals surface area contributed by atoms with Crippen molar-refractivity contribution in [2.45, 2.75) is 0 Å². The Bertz CT molecular complexity index is 266. The molecule has 3 N–H and O–H groups in total. The molecule has 1 aromatic carbocycles. The molecule has 1 aromatic rings. The second kappa shape index (κ2) is 3.76. The summed E-state index contributed by atoms with van der Waals surface area (Å²) in [6.45, 7) is 3.95. The third-order valence-electron chi connectivity index (χ3n) is 1.43. The van der Waals surface area contributed by atoms with Crippen molar-refractivity contribution in [2.24, 2.45) is 5.73 Å². The number of nitrogens with two attached hydrogens (primary N) is 1. The average Bonchev–Trinajstić information content (AvgIpc) is 2.06. The van der Waals surface area contributed by atoms with E-state index in [-0.39, 0.29) is 5.84 Å². The van der Waals surface area contributed by atoms with Gasteiger partial charge in [-0.25, -0.2) is 0 Å². The van der Waals surface area contributed by atoms with Gasteiger partial charge in [0, 0.05) is 5.56 Å². The molecule has 0 bridgehead atoms. The predicted octanol–water partition coefficient (Wildman–Crippen LogP) is 1.18. The summed E-state index contributed by atoms with van der Waals surface area (Å²) < 4.78 is 5.12. The van der Waals surface area contributed by atoms with E-state index in [2.05, 4.69) is 6.92 Å². The van der Waals surface area contributed by atoms with Gasteiger partial charge in [0.25, 0.3) is 0 Å². The molecule has 0 unspecified atom stereocenters. The van der Waals surface area contributed by atoms with E-state index < -0.39 is 0 Å². The van der Waals surface area contributed by atoms with Crippen LogP contribution in [0.15, 0.2) is 24.3 Å². The van der Waals surface area contributed by atoms with Crippen molar-refractivity contribution in [3.63, 3.8) is 0 Å². The second-order valence-electron chi connectivity index (χ2n) is 2.29. The second-order valence-corrected chi connectivity index (χ2v) is 2.29. The lowest BCUT2D eigenvalue weighted by atomic mass is 10.2. The summed E-state index contributed by atoms with van der Waals surface area (Å²) in [5.41, 5.74) is 5.97. The summed E-state index contributed by atoms with van der Waals surface area (Å²) in [6.07, 6.45) is 0. The molecule has 0 saturated carbocycles. The normalized spacial score (nSPS) is 9.42. The zero-order valence-electron chi connectivity index (χ0n) is 6.71. The van der Waals surface area contributed by atoms with E-state index in [0.29, 0.717) is 12.2 Å². The van der Waals surface area contributed by atoms with Gasteiger partial charge in [0.05, 0.1) is 6.61 Å². The molecule has 0 heterocycles. The van der Waals surface area contributed by atoms with E-state index in [1.807, 2.05) is 0 Å². The topological polar surface area (TPSA) is 59.1 Å². The van der Waals surface area contributed by atoms with Crippen LogP contribution in [-0.2, 0) is 0 Å². The Morgan fingerprint density at radius 3 is 2.42 bits per heavy atom. The van der Waals surface area contributed by atoms with Gasteiger partial charge in [-0.05, 0) is 31.2 Å². The molecular formula is C9H11N2O. The molecular weight excluding hydrogens is 152 g/mol. The molecule has 12 heavy (non-hydrogen) atoms. The van der Waals surface area contributed by atoms with Crippen LogP contribution in [0, 0.1) is 12.3 Å². The lowest BCUT2D eigenvalue weighted by Crippen LogP contribution is -2.10. The Balaban J connectivity index is 2.78. The Kier molecular flexibility index (Phi) is 2.69. The van der Waals surface area contributed by atoms with Crippen LogP contribution in [0.25, 0.3) is 0 Å². The molecule has 3 heteroatoms. The first-order valence-corrected chi connectivity index (χ1v) is 3.60. The highest BCUT2D eigenvalue weighted by Crippen LogP contribution is 2.11. The van der Waals surface area contributed by atoms with Gasteiger partial charge < -0.3 is 10.5 Å². The number of rotatable bonds is 3. The molecule has 0 aliphatic heterocycles. The highest BCUT2D eigenvalue weighted by atomic mass is 16.5. The van der Waals surface area contributed by atoms with E-state index in [4.69, 9.17) is 15.9 Å². The van der Waals surface area contributed by atoms with Gasteiger partial charge >= 0.3 is 0 Å². The smallest absolute Gasteiger partial charge is 0.122 e. The molecule has 0 amide bonds. The minimum Gasteiger partial charge on any atom is -0.494 e. The quantitative estimate of drug-likeness (QED) is 0.519. The fraction of sp³-hybridized carbons (Fsp3) is 0.111. The van der Waals surface area contributed by atoms with Gasteiger partial charge in [0.2, 0.25) is 0 Å². The average molecular weight is 163 g/mol. The molecule has 0 saturated heterocycles. The summed E-state index contributed by atoms with van der Waals surface area (Å²) in [7, 11) is 0. The number of benzene rings is 1. The van der Waals surface area contributed by atoms with Gasteiger partial charge in [-0.2, -0.15) is 0 Å². The van der Waals surface area contributed by atoms with E-state index in [1.165, 1.54) is 0 Å². The molecule has 1 rings (SSSR count). The summed E-state index contributed by atoms with van der Waals surface area (Å²) in [4.78, 5) is 0. The zero-order chi connectivity index (χ0) is 8.97. The molecule has 0 aromatic heterocycles. The highest BCUT2D eigenvalue weighted by molar-refractivity contribution is 5.94. The molecule has 0 spiro atoms. The summed E-state index contributed by atoms with van der Waals surface area (Å²) in [5, 5.41) is 7.13. The summed E-state index contributed by atoms with van der Waals surface area (Å²) in [5.74, 6) is 0.811. The van der Waals surface area contributed by atoms with Crippen molar-refractivity contribution in [2.75, 3.05) is 6.61 Å². The Labute approximate surface area is 71.7 Å². The number of amidine groups is 1. The van der Waals surface area contributed by atoms with Crippen molar-refractivity contribution in [3.8, 4) is 5.75 Å². The van der Waals surface area contributed by atoms with Gasteiger partial charge in [0.1, 0.15) is 11.6 Å². The zero-order valence-corrected chi connectivity index (χ0v) is 6.71. The summed E-state index contributed by atoms with van der Waals surface area (Å²) >= 11 is 0. The molecule has 1 radical (unpaired) electrons. The van der Waals surface area contributed by atoms with Crippen LogP contribution >= 0.6 is 0 Å². The van der Waals surface area contributed by atoms with Gasteiger partial charge in [-0.3, -0.25) is 5.41 Å². The van der Waals surface area contributed by atoms with Gasteiger partial charge in [-0.1, -0.05) is 0 Å². The maximum absolute atomic E-state index is 7.13. The number of nitrogens with one attached hydrogen (secondary N) is 1. The number of hydrogen-bond acceptors (Lipinski definition) is 2. The van der Waals surface area contributed by atoms with Crippen molar-refractivity contribution in [1.29, 1.82) is 5.41 Å². The van der Waals surface area contributed by atoms with Crippen molar-refractivity contribution < 1.29 is 4.74 Å². The molecule has 0 atom stereocenters. The number of hydrogen-bond donors (Lipinski definition) is 2.